The Morgan fingerprint density at radius 3 is 2.48 bits per heavy atom. The minimum absolute atomic E-state index is 0. The minimum atomic E-state index is -4.53. The third-order valence-electron chi connectivity index (χ3n) is 4.62. The first-order chi connectivity index (χ1) is 14.5. The van der Waals surface area contributed by atoms with Gasteiger partial charge in [0.2, 0.25) is 5.91 Å². The van der Waals surface area contributed by atoms with Crippen LogP contribution in [0.5, 0.6) is 0 Å². The van der Waals surface area contributed by atoms with Crippen LogP contribution in [0.2, 0.25) is 0 Å². The SMILES string of the molecule is CC(=O)OCC1=C(C(=O)O)N2C(=O)[C@@H](NC(=O)Cc3ccccc3S(=O)(=O)O)[C@H]2SC1.[H-].[H-].[Na+].[Na+]. The number of nitrogens with one attached hydrogen (secondary N) is 1. The van der Waals surface area contributed by atoms with E-state index in [0.717, 1.165) is 11.0 Å². The average Bonchev–Trinajstić information content (AvgIpc) is 2.69. The standard InChI is InChI=1S/C18H18N2O9S2.2Na.2H/c1-9(21)29-7-11-8-30-17-14(16(23)20(17)15(11)18(24)25)19-13(22)6-10-4-2-3-5-12(10)31(26,27)28;;;;/h2-5,14,17H,6-8H2,1H3,(H,19,22)(H,24,25)(H,26,27,28);;;;/q;2*+1;2*-1/t14-,17-;;;;/m1..../s1. The second-order valence-corrected chi connectivity index (χ2v) is 9.25. The normalized spacial score (nSPS) is 19.3. The van der Waals surface area contributed by atoms with E-state index >= 15 is 0 Å². The van der Waals surface area contributed by atoms with E-state index in [1.807, 2.05) is 0 Å². The summed E-state index contributed by atoms with van der Waals surface area (Å²) in [5.41, 5.74) is 0.0404. The van der Waals surface area contributed by atoms with Crippen molar-refractivity contribution in [2.24, 2.45) is 0 Å². The molecule has 3 N–H and O–H groups in total. The number of carbonyl (C=O) groups is 4. The van der Waals surface area contributed by atoms with Crippen LogP contribution in [-0.4, -0.2) is 70.5 Å². The molecule has 2 aliphatic heterocycles. The molecule has 1 saturated heterocycles. The molecule has 0 radical (unpaired) electrons. The summed E-state index contributed by atoms with van der Waals surface area (Å²) in [5.74, 6) is -3.07. The molecular weight excluding hydrogens is 498 g/mol. The Hall–Kier alpha value is -0.900. The van der Waals surface area contributed by atoms with Crippen LogP contribution in [-0.2, 0) is 40.5 Å². The predicted octanol–water partition coefficient (Wildman–Crippen LogP) is -5.99. The number of hydrogen-bond acceptors (Lipinski definition) is 8. The first-order valence-corrected chi connectivity index (χ1v) is 11.4. The van der Waals surface area contributed by atoms with Gasteiger partial charge in [0.05, 0.1) is 11.3 Å². The van der Waals surface area contributed by atoms with Gasteiger partial charge in [-0.15, -0.1) is 11.8 Å². The molecule has 33 heavy (non-hydrogen) atoms. The van der Waals surface area contributed by atoms with E-state index in [-0.39, 0.29) is 91.2 Å². The van der Waals surface area contributed by atoms with Crippen LogP contribution >= 0.6 is 11.8 Å². The van der Waals surface area contributed by atoms with Crippen molar-refractivity contribution in [1.29, 1.82) is 0 Å². The zero-order valence-corrected chi connectivity index (χ0v) is 23.7. The molecule has 170 valence electrons. The molecule has 1 aromatic rings. The van der Waals surface area contributed by atoms with Gasteiger partial charge in [0, 0.05) is 18.2 Å². The third-order valence-corrected chi connectivity index (χ3v) is 6.91. The fraction of sp³-hybridized carbons (Fsp3) is 0.333. The van der Waals surface area contributed by atoms with E-state index in [2.05, 4.69) is 5.32 Å². The summed E-state index contributed by atoms with van der Waals surface area (Å²) in [7, 11) is -4.53. The van der Waals surface area contributed by atoms with E-state index < -0.39 is 56.6 Å². The van der Waals surface area contributed by atoms with E-state index in [9.17, 15) is 37.3 Å². The Kier molecular flexibility index (Phi) is 11.1. The largest absolute Gasteiger partial charge is 1.00 e. The molecule has 0 aliphatic carbocycles. The maximum Gasteiger partial charge on any atom is 1.00 e. The number of ether oxygens (including phenoxy) is 1. The number of thioether (sulfide) groups is 1. The topological polar surface area (TPSA) is 167 Å². The average molecular weight is 518 g/mol. The van der Waals surface area contributed by atoms with Gasteiger partial charge < -0.3 is 18.0 Å². The van der Waals surface area contributed by atoms with Crippen LogP contribution < -0.4 is 64.4 Å². The molecule has 0 saturated carbocycles. The molecule has 0 unspecified atom stereocenters. The van der Waals surface area contributed by atoms with Gasteiger partial charge in [-0.3, -0.25) is 23.8 Å². The van der Waals surface area contributed by atoms with Crippen molar-refractivity contribution in [1.82, 2.24) is 10.2 Å². The first kappa shape index (κ1) is 30.1. The second kappa shape index (κ2) is 12.2. The molecule has 2 heterocycles. The number of hydrogen-bond donors (Lipinski definition) is 3. The Bertz CT molecular complexity index is 1120. The summed E-state index contributed by atoms with van der Waals surface area (Å²) in [6.07, 6.45) is -0.406. The molecule has 11 nitrogen and oxygen atoms in total. The zero-order chi connectivity index (χ0) is 22.9. The van der Waals surface area contributed by atoms with Crippen molar-refractivity contribution in [3.63, 3.8) is 0 Å². The number of rotatable bonds is 7. The summed E-state index contributed by atoms with van der Waals surface area (Å²) in [5, 5.41) is 11.3. The van der Waals surface area contributed by atoms with E-state index in [1.165, 1.54) is 36.9 Å². The van der Waals surface area contributed by atoms with Gasteiger partial charge in [-0.2, -0.15) is 8.42 Å². The molecule has 2 amide bonds. The second-order valence-electron chi connectivity index (χ2n) is 6.75. The molecular formula is C18H20N2Na2O9S2. The van der Waals surface area contributed by atoms with Crippen LogP contribution in [0.4, 0.5) is 0 Å². The number of carbonyl (C=O) groups excluding carboxylic acids is 3. The summed E-state index contributed by atoms with van der Waals surface area (Å²) < 4.78 is 37.1. The van der Waals surface area contributed by atoms with Crippen LogP contribution in [0.3, 0.4) is 0 Å². The minimum Gasteiger partial charge on any atom is -1.00 e. The number of esters is 1. The molecule has 0 aromatic heterocycles. The molecule has 2 aliphatic rings. The van der Waals surface area contributed by atoms with Crippen molar-refractivity contribution < 1.29 is 104 Å². The Labute approximate surface area is 241 Å². The number of fused-ring (bicyclic) bond motifs is 1. The van der Waals surface area contributed by atoms with Gasteiger partial charge in [-0.1, -0.05) is 18.2 Å². The van der Waals surface area contributed by atoms with Crippen LogP contribution in [0.15, 0.2) is 40.4 Å². The van der Waals surface area contributed by atoms with Crippen molar-refractivity contribution in [3.05, 3.63) is 41.1 Å². The van der Waals surface area contributed by atoms with E-state index in [0.29, 0.717) is 0 Å². The molecule has 3 rings (SSSR count). The van der Waals surface area contributed by atoms with Gasteiger partial charge in [0.25, 0.3) is 16.0 Å². The van der Waals surface area contributed by atoms with Crippen LogP contribution in [0.1, 0.15) is 15.3 Å². The van der Waals surface area contributed by atoms with Gasteiger partial charge in [0.15, 0.2) is 0 Å². The molecule has 0 bridgehead atoms. The molecule has 15 heteroatoms. The van der Waals surface area contributed by atoms with Gasteiger partial charge in [0.1, 0.15) is 23.7 Å². The Balaban J connectivity index is 0. The maximum atomic E-state index is 12.6. The number of nitrogens with zero attached hydrogens (tertiary/aromatic N) is 1. The summed E-state index contributed by atoms with van der Waals surface area (Å²) in [4.78, 5) is 48.3. The number of benzene rings is 1. The first-order valence-electron chi connectivity index (χ1n) is 8.88. The summed E-state index contributed by atoms with van der Waals surface area (Å²) in [6.45, 7) is 0.921. The van der Waals surface area contributed by atoms with E-state index in [1.54, 1.807) is 0 Å². The maximum absolute atomic E-state index is 12.6. The van der Waals surface area contributed by atoms with Crippen molar-refractivity contribution >= 4 is 45.6 Å². The number of β-lactam (4-membered cyclic amide) rings is 1. The quantitative estimate of drug-likeness (QED) is 0.137. The zero-order valence-electron chi connectivity index (χ0n) is 20.1. The van der Waals surface area contributed by atoms with Crippen molar-refractivity contribution in [3.8, 4) is 0 Å². The summed E-state index contributed by atoms with van der Waals surface area (Å²) in [6, 6.07) is 4.40. The van der Waals surface area contributed by atoms with Crippen molar-refractivity contribution in [2.75, 3.05) is 12.4 Å². The monoisotopic (exact) mass is 518 g/mol. The van der Waals surface area contributed by atoms with Gasteiger partial charge in [-0.25, -0.2) is 4.79 Å². The van der Waals surface area contributed by atoms with E-state index in [4.69, 9.17) is 4.74 Å². The predicted molar refractivity (Wildman–Crippen MR) is 109 cm³/mol. The Morgan fingerprint density at radius 2 is 1.91 bits per heavy atom. The molecule has 2 atom stereocenters. The Morgan fingerprint density at radius 1 is 1.27 bits per heavy atom. The van der Waals surface area contributed by atoms with Crippen LogP contribution in [0.25, 0.3) is 0 Å². The number of carboxylic acid groups (broad SMARTS) is 1. The van der Waals surface area contributed by atoms with Gasteiger partial charge >= 0.3 is 71.1 Å². The number of amides is 2. The number of aliphatic carboxylic acids is 1. The smallest absolute Gasteiger partial charge is 1.00 e. The fourth-order valence-electron chi connectivity index (χ4n) is 3.28. The molecule has 1 fully saturated rings. The summed E-state index contributed by atoms with van der Waals surface area (Å²) >= 11 is 1.20. The van der Waals surface area contributed by atoms with Crippen molar-refractivity contribution in [2.45, 2.75) is 29.7 Å². The van der Waals surface area contributed by atoms with Crippen LogP contribution in [0, 0.1) is 0 Å². The van der Waals surface area contributed by atoms with Gasteiger partial charge in [-0.05, 0) is 11.6 Å². The third kappa shape index (κ3) is 6.83. The fourth-order valence-corrected chi connectivity index (χ4v) is 5.33. The number of carboxylic acids is 1. The molecule has 0 spiro atoms. The molecule has 1 aromatic carbocycles.